The molecular weight excluding hydrogens is 222 g/mol. The molecule has 0 radical (unpaired) electrons. The van der Waals surface area contributed by atoms with Gasteiger partial charge in [0.2, 0.25) is 0 Å². The molecule has 0 fully saturated rings. The Balaban J connectivity index is 2.37. The van der Waals surface area contributed by atoms with Crippen molar-refractivity contribution in [2.75, 3.05) is 5.73 Å². The highest BCUT2D eigenvalue weighted by Gasteiger charge is 2.11. The van der Waals surface area contributed by atoms with Gasteiger partial charge in [0.05, 0.1) is 0 Å². The third-order valence-corrected chi connectivity index (χ3v) is 3.28. The Bertz CT molecular complexity index is 367. The number of Topliss-reactive ketones (excluding diaryl/α,β-unsaturated/α-hetero) is 1. The van der Waals surface area contributed by atoms with Crippen molar-refractivity contribution in [2.45, 2.75) is 52.4 Å². The van der Waals surface area contributed by atoms with Crippen LogP contribution in [0.3, 0.4) is 0 Å². The summed E-state index contributed by atoms with van der Waals surface area (Å²) in [7, 11) is 0. The maximum absolute atomic E-state index is 11.9. The van der Waals surface area contributed by atoms with Crippen LogP contribution in [0.25, 0.3) is 0 Å². The van der Waals surface area contributed by atoms with Gasteiger partial charge in [-0.25, -0.2) is 0 Å². The van der Waals surface area contributed by atoms with E-state index in [1.165, 1.54) is 5.56 Å². The quantitative estimate of drug-likeness (QED) is 0.735. The van der Waals surface area contributed by atoms with Crippen molar-refractivity contribution in [1.29, 1.82) is 0 Å². The first-order chi connectivity index (χ1) is 8.49. The molecule has 0 aliphatic heterocycles. The highest BCUT2D eigenvalue weighted by Crippen LogP contribution is 2.21. The smallest absolute Gasteiger partial charge is 0.133 e. The summed E-state index contributed by atoms with van der Waals surface area (Å²) >= 11 is 0. The minimum Gasteiger partial charge on any atom is -0.399 e. The fourth-order valence-electron chi connectivity index (χ4n) is 2.09. The third-order valence-electron chi connectivity index (χ3n) is 3.28. The molecule has 0 aromatic heterocycles. The molecule has 0 aliphatic rings. The summed E-state index contributed by atoms with van der Waals surface area (Å²) in [6, 6.07) is 7.83. The van der Waals surface area contributed by atoms with Crippen molar-refractivity contribution < 1.29 is 4.79 Å². The molecular formula is C16H25NO. The van der Waals surface area contributed by atoms with Gasteiger partial charge in [-0.15, -0.1) is 0 Å². The van der Waals surface area contributed by atoms with Crippen LogP contribution < -0.4 is 5.73 Å². The predicted octanol–water partition coefficient (Wildman–Crippen LogP) is 4.16. The van der Waals surface area contributed by atoms with Gasteiger partial charge in [0.15, 0.2) is 0 Å². The molecule has 1 atom stereocenters. The molecule has 1 rings (SSSR count). The molecule has 0 heterocycles. The van der Waals surface area contributed by atoms with Gasteiger partial charge < -0.3 is 5.73 Å². The van der Waals surface area contributed by atoms with Crippen LogP contribution in [0, 0.1) is 5.92 Å². The number of nitrogens with two attached hydrogens (primary N) is 1. The Morgan fingerprint density at radius 1 is 1.17 bits per heavy atom. The lowest BCUT2D eigenvalue weighted by molar-refractivity contribution is -0.119. The second-order valence-corrected chi connectivity index (χ2v) is 5.60. The highest BCUT2D eigenvalue weighted by atomic mass is 16.1. The molecule has 0 bridgehead atoms. The molecule has 1 aromatic rings. The number of ketones is 1. The maximum atomic E-state index is 11.9. The molecule has 0 aliphatic carbocycles. The van der Waals surface area contributed by atoms with Crippen LogP contribution >= 0.6 is 0 Å². The number of benzene rings is 1. The van der Waals surface area contributed by atoms with Gasteiger partial charge in [0, 0.05) is 18.5 Å². The fraction of sp³-hybridized carbons (Fsp3) is 0.562. The van der Waals surface area contributed by atoms with Gasteiger partial charge in [-0.2, -0.15) is 0 Å². The second-order valence-electron chi connectivity index (χ2n) is 5.60. The third kappa shape index (κ3) is 5.35. The number of carbonyl (C=O) groups is 1. The standard InChI is InChI=1S/C16H25NO/c1-12(2)5-4-6-16(18)11-13(3)14-7-9-15(17)10-8-14/h7-10,12-13H,4-6,11,17H2,1-3H3. The monoisotopic (exact) mass is 247 g/mol. The van der Waals surface area contributed by atoms with E-state index in [9.17, 15) is 4.79 Å². The van der Waals surface area contributed by atoms with Crippen LogP contribution in [-0.2, 0) is 4.79 Å². The number of anilines is 1. The average Bonchev–Trinajstić information content (AvgIpc) is 2.29. The zero-order valence-corrected chi connectivity index (χ0v) is 11.8. The minimum absolute atomic E-state index is 0.289. The second kappa shape index (κ2) is 7.20. The Kier molecular flexibility index (Phi) is 5.90. The largest absolute Gasteiger partial charge is 0.399 e. The van der Waals surface area contributed by atoms with E-state index in [0.29, 0.717) is 18.1 Å². The molecule has 0 saturated carbocycles. The van der Waals surface area contributed by atoms with Gasteiger partial charge in [-0.05, 0) is 36.0 Å². The molecule has 1 unspecified atom stereocenters. The Hall–Kier alpha value is -1.31. The van der Waals surface area contributed by atoms with Gasteiger partial charge in [0.25, 0.3) is 0 Å². The van der Waals surface area contributed by atoms with E-state index in [1.807, 2.05) is 24.3 Å². The van der Waals surface area contributed by atoms with Crippen molar-refractivity contribution in [3.8, 4) is 0 Å². The first-order valence-electron chi connectivity index (χ1n) is 6.86. The van der Waals surface area contributed by atoms with E-state index in [2.05, 4.69) is 20.8 Å². The average molecular weight is 247 g/mol. The number of hydrogen-bond acceptors (Lipinski definition) is 2. The number of rotatable bonds is 7. The molecule has 2 heteroatoms. The van der Waals surface area contributed by atoms with E-state index in [-0.39, 0.29) is 5.92 Å². The molecule has 2 N–H and O–H groups in total. The number of nitrogen functional groups attached to an aromatic ring is 1. The maximum Gasteiger partial charge on any atom is 0.133 e. The van der Waals surface area contributed by atoms with Gasteiger partial charge in [-0.3, -0.25) is 4.79 Å². The summed E-state index contributed by atoms with van der Waals surface area (Å²) in [6.07, 6.45) is 3.52. The van der Waals surface area contributed by atoms with Crippen molar-refractivity contribution in [2.24, 2.45) is 5.92 Å². The van der Waals surface area contributed by atoms with E-state index >= 15 is 0 Å². The van der Waals surface area contributed by atoms with Gasteiger partial charge in [-0.1, -0.05) is 39.3 Å². The predicted molar refractivity (Wildman–Crippen MR) is 77.6 cm³/mol. The molecule has 18 heavy (non-hydrogen) atoms. The lowest BCUT2D eigenvalue weighted by Crippen LogP contribution is -2.05. The number of carbonyl (C=O) groups excluding carboxylic acids is 1. The fourth-order valence-corrected chi connectivity index (χ4v) is 2.09. The first kappa shape index (κ1) is 14.7. The number of hydrogen-bond donors (Lipinski definition) is 1. The molecule has 2 nitrogen and oxygen atoms in total. The first-order valence-corrected chi connectivity index (χ1v) is 6.86. The van der Waals surface area contributed by atoms with Crippen LogP contribution in [0.15, 0.2) is 24.3 Å². The van der Waals surface area contributed by atoms with E-state index < -0.39 is 0 Å². The molecule has 0 spiro atoms. The van der Waals surface area contributed by atoms with Crippen molar-refractivity contribution in [3.63, 3.8) is 0 Å². The minimum atomic E-state index is 0.289. The van der Waals surface area contributed by atoms with Crippen LogP contribution in [-0.4, -0.2) is 5.78 Å². The van der Waals surface area contributed by atoms with Gasteiger partial charge in [0.1, 0.15) is 5.78 Å². The van der Waals surface area contributed by atoms with E-state index in [4.69, 9.17) is 5.73 Å². The Labute approximate surface area is 111 Å². The zero-order valence-electron chi connectivity index (χ0n) is 11.8. The van der Waals surface area contributed by atoms with Crippen LogP contribution in [0.4, 0.5) is 5.69 Å². The summed E-state index contributed by atoms with van der Waals surface area (Å²) in [5.74, 6) is 1.35. The Morgan fingerprint density at radius 3 is 2.33 bits per heavy atom. The SMILES string of the molecule is CC(C)CCCC(=O)CC(C)c1ccc(N)cc1. The van der Waals surface area contributed by atoms with E-state index in [1.54, 1.807) is 0 Å². The topological polar surface area (TPSA) is 43.1 Å². The zero-order chi connectivity index (χ0) is 13.5. The van der Waals surface area contributed by atoms with Crippen molar-refractivity contribution in [3.05, 3.63) is 29.8 Å². The molecule has 0 amide bonds. The summed E-state index contributed by atoms with van der Waals surface area (Å²) in [4.78, 5) is 11.9. The summed E-state index contributed by atoms with van der Waals surface area (Å²) < 4.78 is 0. The van der Waals surface area contributed by atoms with E-state index in [0.717, 1.165) is 24.9 Å². The van der Waals surface area contributed by atoms with Crippen LogP contribution in [0.5, 0.6) is 0 Å². The lowest BCUT2D eigenvalue weighted by atomic mass is 9.93. The van der Waals surface area contributed by atoms with Crippen LogP contribution in [0.1, 0.15) is 57.9 Å². The van der Waals surface area contributed by atoms with Gasteiger partial charge >= 0.3 is 0 Å². The Morgan fingerprint density at radius 2 is 1.78 bits per heavy atom. The molecule has 1 aromatic carbocycles. The highest BCUT2D eigenvalue weighted by molar-refractivity contribution is 5.79. The summed E-state index contributed by atoms with van der Waals surface area (Å²) in [6.45, 7) is 6.49. The van der Waals surface area contributed by atoms with Crippen LogP contribution in [0.2, 0.25) is 0 Å². The van der Waals surface area contributed by atoms with Crippen molar-refractivity contribution >= 4 is 11.5 Å². The molecule has 100 valence electrons. The summed E-state index contributed by atoms with van der Waals surface area (Å²) in [5.41, 5.74) is 7.62. The normalized spacial score (nSPS) is 12.7. The molecule has 0 saturated heterocycles. The summed E-state index contributed by atoms with van der Waals surface area (Å²) in [5, 5.41) is 0. The lowest BCUT2D eigenvalue weighted by Gasteiger charge is -2.11. The van der Waals surface area contributed by atoms with Crippen molar-refractivity contribution in [1.82, 2.24) is 0 Å².